The van der Waals surface area contributed by atoms with Crippen LogP contribution >= 0.6 is 0 Å². The zero-order valence-electron chi connectivity index (χ0n) is 14.9. The van der Waals surface area contributed by atoms with Crippen LogP contribution in [-0.2, 0) is 11.3 Å². The van der Waals surface area contributed by atoms with E-state index >= 15 is 0 Å². The maximum absolute atomic E-state index is 12.8. The quantitative estimate of drug-likeness (QED) is 0.841. The van der Waals surface area contributed by atoms with Gasteiger partial charge in [0.2, 0.25) is 0 Å². The van der Waals surface area contributed by atoms with Gasteiger partial charge in [-0.3, -0.25) is 4.57 Å². The molecule has 2 aromatic rings. The van der Waals surface area contributed by atoms with Gasteiger partial charge >= 0.3 is 11.8 Å². The summed E-state index contributed by atoms with van der Waals surface area (Å²) < 4.78 is 8.59. The molecule has 0 amide bonds. The molecule has 2 aliphatic rings. The summed E-state index contributed by atoms with van der Waals surface area (Å²) in [6.07, 6.45) is 4.66. The highest BCUT2D eigenvalue weighted by Gasteiger charge is 2.38. The van der Waals surface area contributed by atoms with Crippen LogP contribution in [0.5, 0.6) is 0 Å². The molecule has 0 radical (unpaired) electrons. The molecule has 4 rings (SSSR count). The first-order valence-electron chi connectivity index (χ1n) is 9.23. The number of rotatable bonds is 2. The summed E-state index contributed by atoms with van der Waals surface area (Å²) in [4.78, 5) is 27.9. The number of para-hydroxylation sites is 2. The number of piperidine rings is 2. The maximum atomic E-state index is 12.8. The number of benzene rings is 1. The summed E-state index contributed by atoms with van der Waals surface area (Å²) in [6, 6.07) is 8.35. The summed E-state index contributed by atoms with van der Waals surface area (Å²) in [6.45, 7) is 2.43. The summed E-state index contributed by atoms with van der Waals surface area (Å²) in [7, 11) is 2.17. The van der Waals surface area contributed by atoms with Crippen molar-refractivity contribution in [3.05, 3.63) is 34.7 Å². The van der Waals surface area contributed by atoms with Crippen molar-refractivity contribution in [1.82, 2.24) is 14.0 Å². The average molecular weight is 343 g/mol. The second-order valence-electron chi connectivity index (χ2n) is 7.23. The lowest BCUT2D eigenvalue weighted by molar-refractivity contribution is -0.0193. The number of carbonyl (C=O) groups excluding carboxylic acids is 1. The molecular formula is C19H25N3O3. The van der Waals surface area contributed by atoms with Crippen LogP contribution in [0.15, 0.2) is 29.1 Å². The van der Waals surface area contributed by atoms with Crippen LogP contribution in [-0.4, -0.2) is 45.4 Å². The smallest absolute Gasteiger partial charge is 0.423 e. The molecule has 25 heavy (non-hydrogen) atoms. The van der Waals surface area contributed by atoms with E-state index in [2.05, 4.69) is 11.9 Å². The van der Waals surface area contributed by atoms with Gasteiger partial charge in [-0.25, -0.2) is 9.59 Å². The molecule has 0 aliphatic carbocycles. The molecule has 2 bridgehead atoms. The summed E-state index contributed by atoms with van der Waals surface area (Å²) >= 11 is 0. The zero-order chi connectivity index (χ0) is 17.6. The molecule has 2 aliphatic heterocycles. The van der Waals surface area contributed by atoms with Crippen molar-refractivity contribution in [3.63, 3.8) is 0 Å². The summed E-state index contributed by atoms with van der Waals surface area (Å²) in [5, 5.41) is 0. The van der Waals surface area contributed by atoms with Crippen molar-refractivity contribution in [1.29, 1.82) is 0 Å². The molecule has 2 fully saturated rings. The van der Waals surface area contributed by atoms with Crippen molar-refractivity contribution >= 4 is 17.1 Å². The molecule has 0 saturated carbocycles. The highest BCUT2D eigenvalue weighted by molar-refractivity contribution is 5.86. The van der Waals surface area contributed by atoms with Gasteiger partial charge in [0.05, 0.1) is 11.0 Å². The molecule has 1 aromatic carbocycles. The maximum Gasteiger partial charge on any atom is 0.423 e. The Labute approximate surface area is 147 Å². The van der Waals surface area contributed by atoms with E-state index in [1.807, 2.05) is 25.1 Å². The summed E-state index contributed by atoms with van der Waals surface area (Å²) in [5.74, 6) is 0. The minimum atomic E-state index is -0.541. The number of imidazole rings is 1. The van der Waals surface area contributed by atoms with Gasteiger partial charge in [0, 0.05) is 31.5 Å². The van der Waals surface area contributed by atoms with E-state index in [1.54, 1.807) is 10.6 Å². The Kier molecular flexibility index (Phi) is 4.15. The van der Waals surface area contributed by atoms with Crippen molar-refractivity contribution in [3.8, 4) is 0 Å². The Morgan fingerprint density at radius 1 is 1.16 bits per heavy atom. The van der Waals surface area contributed by atoms with Gasteiger partial charge in [0.25, 0.3) is 0 Å². The fourth-order valence-corrected chi connectivity index (χ4v) is 4.55. The predicted molar refractivity (Wildman–Crippen MR) is 96.0 cm³/mol. The first-order chi connectivity index (χ1) is 12.1. The van der Waals surface area contributed by atoms with Crippen molar-refractivity contribution in [2.75, 3.05) is 7.05 Å². The van der Waals surface area contributed by atoms with Gasteiger partial charge in [-0.2, -0.15) is 4.57 Å². The summed E-state index contributed by atoms with van der Waals surface area (Å²) in [5.41, 5.74) is 1.07. The van der Waals surface area contributed by atoms with E-state index in [4.69, 9.17) is 4.74 Å². The fourth-order valence-electron chi connectivity index (χ4n) is 4.55. The van der Waals surface area contributed by atoms with E-state index in [0.717, 1.165) is 31.2 Å². The second kappa shape index (κ2) is 6.33. The second-order valence-corrected chi connectivity index (χ2v) is 7.23. The molecule has 6 nitrogen and oxygen atoms in total. The molecular weight excluding hydrogens is 318 g/mol. The van der Waals surface area contributed by atoms with Crippen molar-refractivity contribution in [2.45, 2.75) is 63.8 Å². The molecule has 2 saturated heterocycles. The lowest BCUT2D eigenvalue weighted by Crippen LogP contribution is -2.52. The van der Waals surface area contributed by atoms with Gasteiger partial charge in [-0.05, 0) is 38.9 Å². The van der Waals surface area contributed by atoms with Crippen LogP contribution in [0.25, 0.3) is 11.0 Å². The molecule has 3 heterocycles. The van der Waals surface area contributed by atoms with E-state index < -0.39 is 6.09 Å². The third kappa shape index (κ3) is 2.68. The molecule has 2 unspecified atom stereocenters. The van der Waals surface area contributed by atoms with Gasteiger partial charge in [0.15, 0.2) is 0 Å². The number of aryl methyl sites for hydroxylation is 1. The monoisotopic (exact) mass is 343 g/mol. The third-order valence-electron chi connectivity index (χ3n) is 5.90. The van der Waals surface area contributed by atoms with Crippen LogP contribution in [0.2, 0.25) is 0 Å². The first kappa shape index (κ1) is 16.4. The van der Waals surface area contributed by atoms with Crippen LogP contribution in [0.1, 0.15) is 39.0 Å². The van der Waals surface area contributed by atoms with E-state index in [9.17, 15) is 9.59 Å². The molecule has 134 valence electrons. The van der Waals surface area contributed by atoms with E-state index in [1.165, 1.54) is 11.0 Å². The lowest BCUT2D eigenvalue weighted by atomic mass is 9.83. The standard InChI is InChI=1S/C19H25N3O3/c1-3-21-16-9-4-5-10-17(16)22(18(21)23)19(24)25-15-11-13-7-6-8-14(12-15)20(13)2/h4-5,9-10,13-15H,3,6-8,11-12H2,1-2H3. The Morgan fingerprint density at radius 3 is 2.44 bits per heavy atom. The SMILES string of the molecule is CCn1c(=O)n(C(=O)OC2CC3CCCC(C2)N3C)c2ccccc21. The number of hydrogen-bond acceptors (Lipinski definition) is 4. The van der Waals surface area contributed by atoms with Crippen LogP contribution in [0.4, 0.5) is 4.79 Å². The van der Waals surface area contributed by atoms with Gasteiger partial charge in [0.1, 0.15) is 6.10 Å². The van der Waals surface area contributed by atoms with E-state index in [-0.39, 0.29) is 11.8 Å². The molecule has 1 aromatic heterocycles. The topological polar surface area (TPSA) is 56.5 Å². The van der Waals surface area contributed by atoms with Crippen LogP contribution < -0.4 is 5.69 Å². The van der Waals surface area contributed by atoms with Crippen molar-refractivity contribution in [2.24, 2.45) is 0 Å². The lowest BCUT2D eigenvalue weighted by Gasteiger charge is -2.46. The van der Waals surface area contributed by atoms with Gasteiger partial charge < -0.3 is 9.64 Å². The Hall–Kier alpha value is -2.08. The molecule has 0 spiro atoms. The number of carbonyl (C=O) groups is 1. The highest BCUT2D eigenvalue weighted by Crippen LogP contribution is 2.34. The molecule has 2 atom stereocenters. The highest BCUT2D eigenvalue weighted by atomic mass is 16.6. The van der Waals surface area contributed by atoms with Gasteiger partial charge in [-0.15, -0.1) is 0 Å². The first-order valence-corrected chi connectivity index (χ1v) is 9.23. The predicted octanol–water partition coefficient (Wildman–Crippen LogP) is 2.82. The van der Waals surface area contributed by atoms with Crippen LogP contribution in [0.3, 0.4) is 0 Å². The van der Waals surface area contributed by atoms with Gasteiger partial charge in [-0.1, -0.05) is 18.6 Å². The number of ether oxygens (including phenoxy) is 1. The third-order valence-corrected chi connectivity index (χ3v) is 5.90. The normalized spacial score (nSPS) is 26.7. The Morgan fingerprint density at radius 2 is 1.80 bits per heavy atom. The van der Waals surface area contributed by atoms with Crippen LogP contribution in [0, 0.1) is 0 Å². The van der Waals surface area contributed by atoms with E-state index in [0.29, 0.717) is 24.1 Å². The number of hydrogen-bond donors (Lipinski definition) is 0. The zero-order valence-corrected chi connectivity index (χ0v) is 14.9. The molecule has 0 N–H and O–H groups in total. The molecule has 6 heteroatoms. The largest absolute Gasteiger partial charge is 0.445 e. The van der Waals surface area contributed by atoms with Crippen molar-refractivity contribution < 1.29 is 9.53 Å². The minimum Gasteiger partial charge on any atom is -0.445 e. The number of aromatic nitrogens is 2. The number of nitrogens with zero attached hydrogens (tertiary/aromatic N) is 3. The Balaban J connectivity index is 1.61. The average Bonchev–Trinajstić information content (AvgIpc) is 2.87. The Bertz CT molecular complexity index is 839. The minimum absolute atomic E-state index is 0.102. The number of fused-ring (bicyclic) bond motifs is 3. The fraction of sp³-hybridized carbons (Fsp3) is 0.579.